The molecule has 0 amide bonds. The molecule has 0 aromatic carbocycles. The molecule has 0 aliphatic carbocycles. The van der Waals surface area contributed by atoms with Gasteiger partial charge in [-0.2, -0.15) is 0 Å². The number of hydrogen-bond acceptors (Lipinski definition) is 1. The second-order valence-corrected chi connectivity index (χ2v) is 3.27. The summed E-state index contributed by atoms with van der Waals surface area (Å²) in [6.07, 6.45) is -0.0300. The Bertz CT molecular complexity index is 114. The first-order chi connectivity index (χ1) is 4.57. The third-order valence-corrected chi connectivity index (χ3v) is 2.06. The topological polar surface area (TPSA) is 20.2 Å². The maximum Gasteiger partial charge on any atom is 0.0752 e. The monoisotopic (exact) mass is 182 g/mol. The molecule has 0 aliphatic rings. The SMILES string of the molecule is C=C(C)CC(O)C(Cl)CCl. The molecule has 0 aromatic rings. The van der Waals surface area contributed by atoms with Crippen LogP contribution in [0.15, 0.2) is 12.2 Å². The standard InChI is InChI=1S/C7H12Cl2O/c1-5(2)3-7(10)6(9)4-8/h6-7,10H,1,3-4H2,2H3. The molecule has 10 heavy (non-hydrogen) atoms. The Balaban J connectivity index is 3.61. The number of aliphatic hydroxyl groups excluding tert-OH is 1. The van der Waals surface area contributed by atoms with Crippen LogP contribution in [0.2, 0.25) is 0 Å². The van der Waals surface area contributed by atoms with Gasteiger partial charge in [-0.05, 0) is 13.3 Å². The van der Waals surface area contributed by atoms with Crippen molar-refractivity contribution in [2.24, 2.45) is 0 Å². The smallest absolute Gasteiger partial charge is 0.0752 e. The molecule has 0 heterocycles. The second-order valence-electron chi connectivity index (χ2n) is 2.40. The fourth-order valence-corrected chi connectivity index (χ4v) is 0.882. The van der Waals surface area contributed by atoms with Crippen LogP contribution in [0, 0.1) is 0 Å². The molecule has 1 N–H and O–H groups in total. The molecular weight excluding hydrogens is 171 g/mol. The van der Waals surface area contributed by atoms with Crippen molar-refractivity contribution in [2.45, 2.75) is 24.8 Å². The lowest BCUT2D eigenvalue weighted by atomic mass is 10.1. The summed E-state index contributed by atoms with van der Waals surface area (Å²) in [5, 5.41) is 8.85. The van der Waals surface area contributed by atoms with Crippen molar-refractivity contribution in [3.05, 3.63) is 12.2 Å². The summed E-state index contributed by atoms with van der Waals surface area (Å²) in [5.74, 6) is 0.274. The number of hydrogen-bond donors (Lipinski definition) is 1. The molecule has 0 saturated heterocycles. The molecule has 0 bridgehead atoms. The molecule has 0 spiro atoms. The summed E-state index contributed by atoms with van der Waals surface area (Å²) in [7, 11) is 0. The first-order valence-electron chi connectivity index (χ1n) is 3.10. The predicted octanol–water partition coefficient (Wildman–Crippen LogP) is 2.16. The highest BCUT2D eigenvalue weighted by atomic mass is 35.5. The van der Waals surface area contributed by atoms with E-state index in [1.54, 1.807) is 0 Å². The summed E-state index contributed by atoms with van der Waals surface area (Å²) in [6.45, 7) is 5.50. The van der Waals surface area contributed by atoms with Gasteiger partial charge in [0.15, 0.2) is 0 Å². The third kappa shape index (κ3) is 4.15. The molecule has 0 aliphatic heterocycles. The van der Waals surface area contributed by atoms with Crippen molar-refractivity contribution >= 4 is 23.2 Å². The molecule has 2 unspecified atom stereocenters. The van der Waals surface area contributed by atoms with Crippen LogP contribution in [-0.2, 0) is 0 Å². The fourth-order valence-electron chi connectivity index (χ4n) is 0.588. The van der Waals surface area contributed by atoms with E-state index < -0.39 is 6.10 Å². The van der Waals surface area contributed by atoms with Crippen LogP contribution >= 0.6 is 23.2 Å². The average Bonchev–Trinajstić information content (AvgIpc) is 1.85. The first-order valence-corrected chi connectivity index (χ1v) is 4.07. The second kappa shape index (κ2) is 5.00. The quantitative estimate of drug-likeness (QED) is 0.523. The van der Waals surface area contributed by atoms with Crippen molar-refractivity contribution < 1.29 is 5.11 Å². The minimum Gasteiger partial charge on any atom is -0.391 e. The molecule has 1 nitrogen and oxygen atoms in total. The van der Waals surface area contributed by atoms with Crippen LogP contribution in [0.3, 0.4) is 0 Å². The lowest BCUT2D eigenvalue weighted by Gasteiger charge is -2.13. The van der Waals surface area contributed by atoms with Gasteiger partial charge in [0.05, 0.1) is 11.5 Å². The first kappa shape index (κ1) is 10.3. The van der Waals surface area contributed by atoms with Crippen molar-refractivity contribution in [3.8, 4) is 0 Å². The minimum atomic E-state index is -0.559. The van der Waals surface area contributed by atoms with Gasteiger partial charge in [0.2, 0.25) is 0 Å². The van der Waals surface area contributed by atoms with Gasteiger partial charge in [0, 0.05) is 5.88 Å². The molecule has 60 valence electrons. The highest BCUT2D eigenvalue weighted by Crippen LogP contribution is 2.12. The van der Waals surface area contributed by atoms with Crippen LogP contribution < -0.4 is 0 Å². The highest BCUT2D eigenvalue weighted by Gasteiger charge is 2.14. The van der Waals surface area contributed by atoms with Crippen LogP contribution in [-0.4, -0.2) is 22.5 Å². The third-order valence-electron chi connectivity index (χ3n) is 1.12. The Kier molecular flexibility index (Phi) is 5.14. The highest BCUT2D eigenvalue weighted by molar-refractivity contribution is 6.28. The maximum atomic E-state index is 9.21. The van der Waals surface area contributed by atoms with Crippen molar-refractivity contribution in [1.29, 1.82) is 0 Å². The average molecular weight is 183 g/mol. The Morgan fingerprint density at radius 3 is 2.50 bits per heavy atom. The van der Waals surface area contributed by atoms with Crippen LogP contribution in [0.4, 0.5) is 0 Å². The van der Waals surface area contributed by atoms with Gasteiger partial charge in [0.1, 0.15) is 0 Å². The fraction of sp³-hybridized carbons (Fsp3) is 0.714. The van der Waals surface area contributed by atoms with E-state index in [1.165, 1.54) is 0 Å². The van der Waals surface area contributed by atoms with Crippen molar-refractivity contribution in [3.63, 3.8) is 0 Å². The van der Waals surface area contributed by atoms with Gasteiger partial charge in [-0.15, -0.1) is 29.8 Å². The normalized spacial score (nSPS) is 16.4. The van der Waals surface area contributed by atoms with E-state index in [9.17, 15) is 5.11 Å². The van der Waals surface area contributed by atoms with Crippen LogP contribution in [0.1, 0.15) is 13.3 Å². The van der Waals surface area contributed by atoms with Crippen LogP contribution in [0.25, 0.3) is 0 Å². The Hall–Kier alpha value is 0.280. The van der Waals surface area contributed by atoms with Crippen molar-refractivity contribution in [1.82, 2.24) is 0 Å². The Morgan fingerprint density at radius 1 is 1.70 bits per heavy atom. The number of halogens is 2. The van der Waals surface area contributed by atoms with Crippen LogP contribution in [0.5, 0.6) is 0 Å². The van der Waals surface area contributed by atoms with E-state index in [1.807, 2.05) is 6.92 Å². The van der Waals surface area contributed by atoms with Gasteiger partial charge in [-0.1, -0.05) is 5.57 Å². The molecule has 2 atom stereocenters. The molecule has 0 radical (unpaired) electrons. The van der Waals surface area contributed by atoms with Gasteiger partial charge in [-0.3, -0.25) is 0 Å². The number of rotatable bonds is 4. The molecule has 0 fully saturated rings. The van der Waals surface area contributed by atoms with E-state index >= 15 is 0 Å². The Labute approximate surface area is 71.6 Å². The van der Waals surface area contributed by atoms with Gasteiger partial charge in [0.25, 0.3) is 0 Å². The summed E-state index contributed by atoms with van der Waals surface area (Å²) in [4.78, 5) is 0. The zero-order chi connectivity index (χ0) is 8.15. The summed E-state index contributed by atoms with van der Waals surface area (Å²) >= 11 is 11.0. The molecule has 0 rings (SSSR count). The zero-order valence-corrected chi connectivity index (χ0v) is 7.49. The predicted molar refractivity (Wildman–Crippen MR) is 45.8 cm³/mol. The van der Waals surface area contributed by atoms with Crippen molar-refractivity contribution in [2.75, 3.05) is 5.88 Å². The summed E-state index contributed by atoms with van der Waals surface area (Å²) in [6, 6.07) is 0. The summed E-state index contributed by atoms with van der Waals surface area (Å²) in [5.41, 5.74) is 0.920. The summed E-state index contributed by atoms with van der Waals surface area (Å²) < 4.78 is 0. The number of alkyl halides is 2. The molecule has 0 saturated carbocycles. The lowest BCUT2D eigenvalue weighted by Crippen LogP contribution is -2.22. The maximum absolute atomic E-state index is 9.21. The lowest BCUT2D eigenvalue weighted by molar-refractivity contribution is 0.175. The zero-order valence-electron chi connectivity index (χ0n) is 5.98. The molecule has 3 heteroatoms. The van der Waals surface area contributed by atoms with E-state index in [0.29, 0.717) is 6.42 Å². The van der Waals surface area contributed by atoms with Gasteiger partial charge in [-0.25, -0.2) is 0 Å². The largest absolute Gasteiger partial charge is 0.391 e. The van der Waals surface area contributed by atoms with E-state index in [4.69, 9.17) is 23.2 Å². The van der Waals surface area contributed by atoms with E-state index in [2.05, 4.69) is 6.58 Å². The molecule has 0 aromatic heterocycles. The van der Waals surface area contributed by atoms with E-state index in [0.717, 1.165) is 5.57 Å². The minimum absolute atomic E-state index is 0.274. The molecular formula is C7H12Cl2O. The van der Waals surface area contributed by atoms with E-state index in [-0.39, 0.29) is 11.3 Å². The number of aliphatic hydroxyl groups is 1. The Morgan fingerprint density at radius 2 is 2.20 bits per heavy atom. The van der Waals surface area contributed by atoms with Gasteiger partial charge >= 0.3 is 0 Å². The van der Waals surface area contributed by atoms with Gasteiger partial charge < -0.3 is 5.11 Å².